The van der Waals surface area contributed by atoms with E-state index in [2.05, 4.69) is 31.3 Å². The highest BCUT2D eigenvalue weighted by atomic mass is 16.5. The number of allylic oxidation sites excluding steroid dienone is 3. The summed E-state index contributed by atoms with van der Waals surface area (Å²) in [6.45, 7) is 4.87. The minimum atomic E-state index is -0.861. The molecule has 0 spiro atoms. The van der Waals surface area contributed by atoms with Gasteiger partial charge in [0.25, 0.3) is 0 Å². The van der Waals surface area contributed by atoms with E-state index in [0.29, 0.717) is 19.4 Å². The second kappa shape index (κ2) is 57.9. The average Bonchev–Trinajstić information content (AvgIpc) is 3.34. The van der Waals surface area contributed by atoms with Gasteiger partial charge in [-0.1, -0.05) is 282 Å². The van der Waals surface area contributed by atoms with Gasteiger partial charge < -0.3 is 20.3 Å². The van der Waals surface area contributed by atoms with Gasteiger partial charge in [-0.2, -0.15) is 0 Å². The zero-order valence-corrected chi connectivity index (χ0v) is 45.9. The Morgan fingerprint density at radius 1 is 0.397 bits per heavy atom. The highest BCUT2D eigenvalue weighted by Gasteiger charge is 2.18. The summed E-state index contributed by atoms with van der Waals surface area (Å²) in [6.07, 6.45) is 70.7. The SMILES string of the molecule is CCCCCCCCCCCCCCCCCCCCCCCCC/C=C/C(O)C(CO)NC(=O)CCCCCCC/C=C\CCCCCOC(=O)CCCCCCCCCCCCCCCC. The first-order valence-electron chi connectivity index (χ1n) is 30.6. The van der Waals surface area contributed by atoms with E-state index in [4.69, 9.17) is 4.74 Å². The summed E-state index contributed by atoms with van der Waals surface area (Å²) in [7, 11) is 0. The number of carbonyl (C=O) groups excluding carboxylic acids is 2. The van der Waals surface area contributed by atoms with E-state index >= 15 is 0 Å². The smallest absolute Gasteiger partial charge is 0.305 e. The van der Waals surface area contributed by atoms with Crippen LogP contribution in [0.2, 0.25) is 0 Å². The van der Waals surface area contributed by atoms with Crippen LogP contribution in [0.15, 0.2) is 24.3 Å². The molecule has 3 N–H and O–H groups in total. The summed E-state index contributed by atoms with van der Waals surface area (Å²) in [5.74, 6) is -0.111. The predicted octanol–water partition coefficient (Wildman–Crippen LogP) is 19.0. The van der Waals surface area contributed by atoms with Crippen molar-refractivity contribution >= 4 is 11.9 Å². The van der Waals surface area contributed by atoms with Gasteiger partial charge in [0.15, 0.2) is 0 Å². The molecule has 0 radical (unpaired) electrons. The van der Waals surface area contributed by atoms with Crippen molar-refractivity contribution in [3.05, 3.63) is 24.3 Å². The molecule has 0 aliphatic carbocycles. The number of esters is 1. The number of carbonyl (C=O) groups is 2. The second-order valence-electron chi connectivity index (χ2n) is 21.0. The van der Waals surface area contributed by atoms with Crippen LogP contribution in [0.1, 0.15) is 335 Å². The lowest BCUT2D eigenvalue weighted by Gasteiger charge is -2.20. The first-order valence-corrected chi connectivity index (χ1v) is 30.6. The van der Waals surface area contributed by atoms with E-state index in [1.165, 1.54) is 231 Å². The largest absolute Gasteiger partial charge is 0.466 e. The summed E-state index contributed by atoms with van der Waals surface area (Å²) in [4.78, 5) is 24.5. The van der Waals surface area contributed by atoms with Crippen molar-refractivity contribution in [1.29, 1.82) is 0 Å². The van der Waals surface area contributed by atoms with Crippen LogP contribution < -0.4 is 5.32 Å². The van der Waals surface area contributed by atoms with Crippen molar-refractivity contribution in [3.8, 4) is 0 Å². The van der Waals surface area contributed by atoms with Gasteiger partial charge in [0.2, 0.25) is 5.91 Å². The second-order valence-corrected chi connectivity index (χ2v) is 21.0. The number of nitrogens with one attached hydrogen (secondary N) is 1. The summed E-state index contributed by atoms with van der Waals surface area (Å²) in [6, 6.07) is -0.647. The normalized spacial score (nSPS) is 12.7. The minimum Gasteiger partial charge on any atom is -0.466 e. The molecule has 0 bridgehead atoms. The lowest BCUT2D eigenvalue weighted by molar-refractivity contribution is -0.143. The Morgan fingerprint density at radius 2 is 0.691 bits per heavy atom. The lowest BCUT2D eigenvalue weighted by Crippen LogP contribution is -2.45. The third-order valence-electron chi connectivity index (χ3n) is 14.2. The molecule has 0 saturated heterocycles. The molecule has 2 unspecified atom stereocenters. The molecule has 402 valence electrons. The van der Waals surface area contributed by atoms with Crippen LogP contribution >= 0.6 is 0 Å². The Hall–Kier alpha value is -1.66. The van der Waals surface area contributed by atoms with Crippen molar-refractivity contribution < 1.29 is 24.5 Å². The quantitative estimate of drug-likeness (QED) is 0.0321. The summed E-state index contributed by atoms with van der Waals surface area (Å²) < 4.78 is 5.45. The Kier molecular flexibility index (Phi) is 56.5. The fourth-order valence-electron chi connectivity index (χ4n) is 9.51. The Morgan fingerprint density at radius 3 is 1.04 bits per heavy atom. The molecule has 0 aliphatic rings. The van der Waals surface area contributed by atoms with Gasteiger partial charge in [-0.3, -0.25) is 9.59 Å². The molecular formula is C62H119NO5. The molecule has 0 heterocycles. The van der Waals surface area contributed by atoms with E-state index < -0.39 is 12.1 Å². The number of aliphatic hydroxyl groups is 2. The molecule has 0 aromatic carbocycles. The maximum Gasteiger partial charge on any atom is 0.305 e. The van der Waals surface area contributed by atoms with Crippen LogP contribution in [0.25, 0.3) is 0 Å². The van der Waals surface area contributed by atoms with Gasteiger partial charge in [-0.15, -0.1) is 0 Å². The molecule has 6 heteroatoms. The first kappa shape index (κ1) is 66.3. The van der Waals surface area contributed by atoms with Crippen LogP contribution in [0.4, 0.5) is 0 Å². The lowest BCUT2D eigenvalue weighted by atomic mass is 10.0. The van der Waals surface area contributed by atoms with Crippen LogP contribution in [0, 0.1) is 0 Å². The number of aliphatic hydroxyl groups excluding tert-OH is 2. The maximum absolute atomic E-state index is 12.5. The van der Waals surface area contributed by atoms with Crippen LogP contribution in [-0.2, 0) is 14.3 Å². The number of amides is 1. The monoisotopic (exact) mass is 958 g/mol. The predicted molar refractivity (Wildman–Crippen MR) is 296 cm³/mol. The minimum absolute atomic E-state index is 0.0213. The molecule has 0 rings (SSSR count). The molecular weight excluding hydrogens is 839 g/mol. The van der Waals surface area contributed by atoms with E-state index in [1.807, 2.05) is 6.08 Å². The number of ether oxygens (including phenoxy) is 1. The Bertz CT molecular complexity index is 1060. The van der Waals surface area contributed by atoms with E-state index in [-0.39, 0.29) is 18.5 Å². The van der Waals surface area contributed by atoms with Gasteiger partial charge in [0.05, 0.1) is 25.4 Å². The van der Waals surface area contributed by atoms with Gasteiger partial charge >= 0.3 is 5.97 Å². The van der Waals surface area contributed by atoms with Crippen LogP contribution in [0.5, 0.6) is 0 Å². The fraction of sp³-hybridized carbons (Fsp3) is 0.903. The zero-order valence-electron chi connectivity index (χ0n) is 45.9. The molecule has 0 fully saturated rings. The van der Waals surface area contributed by atoms with Crippen molar-refractivity contribution in [2.24, 2.45) is 0 Å². The maximum atomic E-state index is 12.5. The van der Waals surface area contributed by atoms with Gasteiger partial charge in [0.1, 0.15) is 0 Å². The first-order chi connectivity index (χ1) is 33.5. The summed E-state index contributed by atoms with van der Waals surface area (Å²) in [5, 5.41) is 23.2. The third-order valence-corrected chi connectivity index (χ3v) is 14.2. The molecule has 6 nitrogen and oxygen atoms in total. The Balaban J connectivity index is 3.51. The standard InChI is InChI=1S/C62H119NO5/c1-3-5-7-9-11-13-15-17-19-20-21-22-23-24-25-26-27-28-29-30-34-38-42-46-50-54-60(65)59(58-64)63-61(66)55-51-47-43-39-35-32-33-37-41-45-49-53-57-68-62(67)56-52-48-44-40-36-31-18-16-14-12-10-8-6-4-2/h33,37,50,54,59-60,64-65H,3-32,34-36,38-49,51-53,55-58H2,1-2H3,(H,63,66)/b37-33-,54-50+. The average molecular weight is 959 g/mol. The molecule has 0 aromatic heterocycles. The van der Waals surface area contributed by atoms with E-state index in [9.17, 15) is 19.8 Å². The van der Waals surface area contributed by atoms with Crippen molar-refractivity contribution in [3.63, 3.8) is 0 Å². The van der Waals surface area contributed by atoms with Gasteiger partial charge in [-0.25, -0.2) is 0 Å². The molecule has 2 atom stereocenters. The number of unbranched alkanes of at least 4 members (excludes halogenated alkanes) is 44. The third kappa shape index (κ3) is 53.7. The summed E-state index contributed by atoms with van der Waals surface area (Å²) >= 11 is 0. The molecule has 1 amide bonds. The fourth-order valence-corrected chi connectivity index (χ4v) is 9.51. The molecule has 0 aliphatic heterocycles. The van der Waals surface area contributed by atoms with Crippen LogP contribution in [-0.4, -0.2) is 47.4 Å². The Labute approximate surface area is 424 Å². The molecule has 0 aromatic rings. The van der Waals surface area contributed by atoms with Crippen LogP contribution in [0.3, 0.4) is 0 Å². The number of rotatable bonds is 57. The van der Waals surface area contributed by atoms with Crippen molar-refractivity contribution in [2.45, 2.75) is 347 Å². The highest BCUT2D eigenvalue weighted by molar-refractivity contribution is 5.76. The highest BCUT2D eigenvalue weighted by Crippen LogP contribution is 2.17. The number of hydrogen-bond acceptors (Lipinski definition) is 5. The number of hydrogen-bond donors (Lipinski definition) is 3. The summed E-state index contributed by atoms with van der Waals surface area (Å²) in [5.41, 5.74) is 0. The van der Waals surface area contributed by atoms with E-state index in [0.717, 1.165) is 77.0 Å². The van der Waals surface area contributed by atoms with Gasteiger partial charge in [-0.05, 0) is 64.2 Å². The van der Waals surface area contributed by atoms with E-state index in [1.54, 1.807) is 6.08 Å². The molecule has 0 saturated carbocycles. The molecule has 68 heavy (non-hydrogen) atoms. The topological polar surface area (TPSA) is 95.9 Å². The zero-order chi connectivity index (χ0) is 49.3. The van der Waals surface area contributed by atoms with Crippen molar-refractivity contribution in [1.82, 2.24) is 5.32 Å². The van der Waals surface area contributed by atoms with Crippen molar-refractivity contribution in [2.75, 3.05) is 13.2 Å². The van der Waals surface area contributed by atoms with Gasteiger partial charge in [0, 0.05) is 12.8 Å².